The number of carboxylic acids is 1. The summed E-state index contributed by atoms with van der Waals surface area (Å²) in [5.74, 6) is -1.06. The first-order chi connectivity index (χ1) is 10.4. The molecule has 0 fully saturated rings. The Labute approximate surface area is 144 Å². The van der Waals surface area contributed by atoms with Gasteiger partial charge in [0.05, 0.1) is 18.6 Å². The number of hydrogen-bond acceptors (Lipinski definition) is 3. The van der Waals surface area contributed by atoms with Crippen LogP contribution in [0.25, 0.3) is 0 Å². The molecule has 0 heterocycles. The Morgan fingerprint density at radius 2 is 1.87 bits per heavy atom. The maximum absolute atomic E-state index is 12.4. The van der Waals surface area contributed by atoms with Crippen LogP contribution in [0.15, 0.2) is 24.3 Å². The number of carbonyl (C=O) groups is 2. The molecule has 0 saturated carbocycles. The zero-order valence-electron chi connectivity index (χ0n) is 14.2. The van der Waals surface area contributed by atoms with Crippen LogP contribution in [0.3, 0.4) is 0 Å². The van der Waals surface area contributed by atoms with Gasteiger partial charge in [0.1, 0.15) is 0 Å². The quantitative estimate of drug-likeness (QED) is 0.762. The van der Waals surface area contributed by atoms with E-state index in [1.54, 1.807) is 11.8 Å². The number of amides is 1. The first-order valence-corrected chi connectivity index (χ1v) is 7.68. The summed E-state index contributed by atoms with van der Waals surface area (Å²) >= 11 is 0. The first kappa shape index (κ1) is 21.4. The molecule has 2 N–H and O–H groups in total. The minimum atomic E-state index is -0.917. The topological polar surface area (TPSA) is 69.6 Å². The highest BCUT2D eigenvalue weighted by Gasteiger charge is 2.24. The lowest BCUT2D eigenvalue weighted by molar-refractivity contribution is -0.139. The van der Waals surface area contributed by atoms with Gasteiger partial charge in [0.2, 0.25) is 5.91 Å². The molecule has 6 heteroatoms. The van der Waals surface area contributed by atoms with Crippen LogP contribution < -0.4 is 5.32 Å². The first-order valence-electron chi connectivity index (χ1n) is 7.68. The molecule has 0 radical (unpaired) electrons. The zero-order valence-corrected chi connectivity index (χ0v) is 15.0. The molecule has 5 nitrogen and oxygen atoms in total. The van der Waals surface area contributed by atoms with Crippen molar-refractivity contribution in [1.82, 2.24) is 10.2 Å². The van der Waals surface area contributed by atoms with Crippen molar-refractivity contribution in [2.45, 2.75) is 46.2 Å². The molecule has 2 unspecified atom stereocenters. The summed E-state index contributed by atoms with van der Waals surface area (Å²) in [5.41, 5.74) is 2.20. The van der Waals surface area contributed by atoms with E-state index < -0.39 is 12.0 Å². The van der Waals surface area contributed by atoms with Crippen LogP contribution in [-0.4, -0.2) is 41.0 Å². The van der Waals surface area contributed by atoms with Crippen LogP contribution in [0, 0.1) is 6.92 Å². The van der Waals surface area contributed by atoms with E-state index in [9.17, 15) is 9.59 Å². The van der Waals surface area contributed by atoms with E-state index in [0.717, 1.165) is 17.5 Å². The van der Waals surface area contributed by atoms with Crippen molar-refractivity contribution < 1.29 is 14.7 Å². The summed E-state index contributed by atoms with van der Waals surface area (Å²) in [6.45, 7) is 8.12. The number of carbonyl (C=O) groups excluding carboxylic acids is 1. The molecule has 2 atom stereocenters. The van der Waals surface area contributed by atoms with E-state index in [-0.39, 0.29) is 30.9 Å². The van der Waals surface area contributed by atoms with Crippen LogP contribution in [0.2, 0.25) is 0 Å². The van der Waals surface area contributed by atoms with E-state index in [2.05, 4.69) is 5.32 Å². The van der Waals surface area contributed by atoms with Crippen molar-refractivity contribution in [3.05, 3.63) is 35.4 Å². The highest BCUT2D eigenvalue weighted by molar-refractivity contribution is 5.85. The molecule has 0 aromatic heterocycles. The van der Waals surface area contributed by atoms with E-state index in [1.165, 1.54) is 0 Å². The molecule has 0 aliphatic heterocycles. The van der Waals surface area contributed by atoms with Gasteiger partial charge in [-0.3, -0.25) is 14.5 Å². The largest absolute Gasteiger partial charge is 0.480 e. The van der Waals surface area contributed by atoms with Gasteiger partial charge in [-0.05, 0) is 44.9 Å². The Bertz CT molecular complexity index is 522. The third-order valence-corrected chi connectivity index (χ3v) is 3.79. The van der Waals surface area contributed by atoms with Gasteiger partial charge in [-0.2, -0.15) is 0 Å². The minimum absolute atomic E-state index is 0. The molecule has 0 bridgehead atoms. The van der Waals surface area contributed by atoms with Crippen molar-refractivity contribution in [3.8, 4) is 0 Å². The number of aryl methyl sites for hydroxylation is 1. The third-order valence-electron chi connectivity index (χ3n) is 3.79. The van der Waals surface area contributed by atoms with Crippen LogP contribution >= 0.6 is 12.4 Å². The summed E-state index contributed by atoms with van der Waals surface area (Å²) in [6, 6.07) is 7.34. The predicted octanol–water partition coefficient (Wildman–Crippen LogP) is 2.78. The summed E-state index contributed by atoms with van der Waals surface area (Å²) in [4.78, 5) is 25.0. The van der Waals surface area contributed by atoms with Crippen molar-refractivity contribution in [3.63, 3.8) is 0 Å². The monoisotopic (exact) mass is 342 g/mol. The molecule has 1 amide bonds. The van der Waals surface area contributed by atoms with E-state index in [4.69, 9.17) is 5.11 Å². The molecule has 0 saturated heterocycles. The second-order valence-corrected chi connectivity index (χ2v) is 5.63. The van der Waals surface area contributed by atoms with Crippen molar-refractivity contribution in [1.29, 1.82) is 0 Å². The number of hydrogen-bond donors (Lipinski definition) is 2. The molecular weight excluding hydrogens is 316 g/mol. The van der Waals surface area contributed by atoms with Crippen LogP contribution in [-0.2, 0) is 9.59 Å². The highest BCUT2D eigenvalue weighted by atomic mass is 35.5. The normalized spacial score (nSPS) is 13.1. The zero-order chi connectivity index (χ0) is 16.7. The second kappa shape index (κ2) is 10.2. The second-order valence-electron chi connectivity index (χ2n) is 5.63. The van der Waals surface area contributed by atoms with E-state index in [1.807, 2.05) is 45.0 Å². The van der Waals surface area contributed by atoms with Crippen molar-refractivity contribution >= 4 is 24.3 Å². The highest BCUT2D eigenvalue weighted by Crippen LogP contribution is 2.17. The number of nitrogens with one attached hydrogen (secondary N) is 1. The van der Waals surface area contributed by atoms with Crippen LogP contribution in [0.1, 0.15) is 44.4 Å². The summed E-state index contributed by atoms with van der Waals surface area (Å²) < 4.78 is 0. The number of rotatable bonds is 8. The Morgan fingerprint density at radius 3 is 2.39 bits per heavy atom. The Morgan fingerprint density at radius 1 is 1.26 bits per heavy atom. The molecule has 1 rings (SSSR count). The smallest absolute Gasteiger partial charge is 0.317 e. The molecule has 130 valence electrons. The lowest BCUT2D eigenvalue weighted by Gasteiger charge is -2.27. The Hall–Kier alpha value is -1.59. The van der Waals surface area contributed by atoms with Gasteiger partial charge in [0.25, 0.3) is 0 Å². The molecule has 1 aromatic carbocycles. The molecule has 0 aliphatic carbocycles. The molecule has 0 aliphatic rings. The van der Waals surface area contributed by atoms with Gasteiger partial charge in [-0.1, -0.05) is 31.2 Å². The van der Waals surface area contributed by atoms with Gasteiger partial charge in [0.15, 0.2) is 0 Å². The third kappa shape index (κ3) is 6.59. The molecular formula is C17H27ClN2O3. The number of aliphatic carboxylic acids is 1. The molecule has 23 heavy (non-hydrogen) atoms. The van der Waals surface area contributed by atoms with Gasteiger partial charge in [-0.15, -0.1) is 12.4 Å². The summed E-state index contributed by atoms with van der Waals surface area (Å²) in [7, 11) is 0. The van der Waals surface area contributed by atoms with Crippen LogP contribution in [0.4, 0.5) is 0 Å². The average molecular weight is 343 g/mol. The predicted molar refractivity (Wildman–Crippen MR) is 93.9 cm³/mol. The van der Waals surface area contributed by atoms with Crippen molar-refractivity contribution in [2.24, 2.45) is 0 Å². The van der Waals surface area contributed by atoms with E-state index in [0.29, 0.717) is 6.54 Å². The standard InChI is InChI=1S/C17H26N2O3.ClH/c1-5-10-19(11-16(20)21)14(4)17(22)18-13(3)15-9-7-6-8-12(15)2;/h6-9,13-14H,5,10-11H2,1-4H3,(H,18,22)(H,20,21);1H. The lowest BCUT2D eigenvalue weighted by Crippen LogP contribution is -2.47. The molecule has 0 spiro atoms. The average Bonchev–Trinajstić information content (AvgIpc) is 2.45. The summed E-state index contributed by atoms with van der Waals surface area (Å²) in [6.07, 6.45) is 0.804. The van der Waals surface area contributed by atoms with Gasteiger partial charge < -0.3 is 10.4 Å². The molecule has 1 aromatic rings. The fourth-order valence-corrected chi connectivity index (χ4v) is 2.52. The number of benzene rings is 1. The lowest BCUT2D eigenvalue weighted by atomic mass is 10.0. The number of nitrogens with zero attached hydrogens (tertiary/aromatic N) is 1. The fraction of sp³-hybridized carbons (Fsp3) is 0.529. The maximum atomic E-state index is 12.4. The number of carboxylic acid groups (broad SMARTS) is 1. The number of halogens is 1. The van der Waals surface area contributed by atoms with Gasteiger partial charge in [0, 0.05) is 0 Å². The van der Waals surface area contributed by atoms with Gasteiger partial charge in [-0.25, -0.2) is 0 Å². The van der Waals surface area contributed by atoms with Crippen LogP contribution in [0.5, 0.6) is 0 Å². The maximum Gasteiger partial charge on any atom is 0.317 e. The minimum Gasteiger partial charge on any atom is -0.480 e. The SMILES string of the molecule is CCCN(CC(=O)O)C(C)C(=O)NC(C)c1ccccc1C.Cl. The Kier molecular flexibility index (Phi) is 9.53. The van der Waals surface area contributed by atoms with Crippen molar-refractivity contribution in [2.75, 3.05) is 13.1 Å². The van der Waals surface area contributed by atoms with Gasteiger partial charge >= 0.3 is 5.97 Å². The van der Waals surface area contributed by atoms with E-state index >= 15 is 0 Å². The summed E-state index contributed by atoms with van der Waals surface area (Å²) in [5, 5.41) is 11.9. The Balaban J connectivity index is 0.00000484. The fourth-order valence-electron chi connectivity index (χ4n) is 2.52.